The first-order valence-corrected chi connectivity index (χ1v) is 12.6. The molecule has 172 valence electrons. The number of likely N-dealkylation sites (tertiary alicyclic amines) is 1. The first-order chi connectivity index (χ1) is 15.2. The van der Waals surface area contributed by atoms with Crippen LogP contribution in [0.25, 0.3) is 0 Å². The van der Waals surface area contributed by atoms with Crippen LogP contribution >= 0.6 is 31.9 Å². The van der Waals surface area contributed by atoms with Gasteiger partial charge in [-0.3, -0.25) is 0 Å². The van der Waals surface area contributed by atoms with Crippen molar-refractivity contribution < 1.29 is 27.9 Å². The lowest BCUT2D eigenvalue weighted by Crippen LogP contribution is -2.40. The number of carboxylic acid groups (broad SMARTS) is 1. The van der Waals surface area contributed by atoms with Gasteiger partial charge in [-0.1, -0.05) is 46.3 Å². The summed E-state index contributed by atoms with van der Waals surface area (Å²) in [4.78, 5) is 24.7. The van der Waals surface area contributed by atoms with Gasteiger partial charge in [-0.05, 0) is 46.1 Å². The van der Waals surface area contributed by atoms with Crippen LogP contribution in [0.3, 0.4) is 0 Å². The van der Waals surface area contributed by atoms with Gasteiger partial charge in [0, 0.05) is 28.1 Å². The number of hydrogen-bond acceptors (Lipinski definition) is 5. The summed E-state index contributed by atoms with van der Waals surface area (Å²) in [7, 11) is -3.91. The minimum Gasteiger partial charge on any atom is -0.465 e. The van der Waals surface area contributed by atoms with Gasteiger partial charge in [-0.2, -0.15) is 0 Å². The van der Waals surface area contributed by atoms with Crippen LogP contribution in [0.2, 0.25) is 0 Å². The Hall–Kier alpha value is -2.15. The molecule has 2 aromatic rings. The topological polar surface area (TPSA) is 125 Å². The SMILES string of the molecule is O=C(NCc1ccccc1)OC[C@H]1C[C@@H](NS(=O)(=O)c2cc(Br)ccc2Br)CN1C(=O)O. The molecule has 0 unspecified atom stereocenters. The van der Waals surface area contributed by atoms with Crippen LogP contribution in [-0.4, -0.2) is 55.8 Å². The number of nitrogens with one attached hydrogen (secondary N) is 2. The number of rotatable bonds is 7. The summed E-state index contributed by atoms with van der Waals surface area (Å²) < 4.78 is 34.3. The fourth-order valence-corrected chi connectivity index (χ4v) is 6.10. The van der Waals surface area contributed by atoms with Crippen molar-refractivity contribution in [1.82, 2.24) is 14.9 Å². The third-order valence-electron chi connectivity index (χ3n) is 4.85. The number of hydrogen-bond donors (Lipinski definition) is 3. The predicted octanol–water partition coefficient (Wildman–Crippen LogP) is 3.54. The van der Waals surface area contributed by atoms with Gasteiger partial charge in [0.2, 0.25) is 10.0 Å². The average Bonchev–Trinajstić information content (AvgIpc) is 3.15. The summed E-state index contributed by atoms with van der Waals surface area (Å²) >= 11 is 6.47. The summed E-state index contributed by atoms with van der Waals surface area (Å²) in [5, 5.41) is 12.1. The van der Waals surface area contributed by atoms with Crippen molar-refractivity contribution >= 4 is 54.1 Å². The molecule has 0 aromatic heterocycles. The molecule has 0 bridgehead atoms. The molecule has 2 amide bonds. The fourth-order valence-electron chi connectivity index (χ4n) is 3.35. The molecule has 2 aromatic carbocycles. The molecule has 0 radical (unpaired) electrons. The summed E-state index contributed by atoms with van der Waals surface area (Å²) in [6, 6.07) is 12.7. The van der Waals surface area contributed by atoms with Gasteiger partial charge in [0.1, 0.15) is 6.61 Å². The highest BCUT2D eigenvalue weighted by molar-refractivity contribution is 9.11. The largest absolute Gasteiger partial charge is 0.465 e. The molecular weight excluding hydrogens is 570 g/mol. The first-order valence-electron chi connectivity index (χ1n) is 9.57. The Kier molecular flexibility index (Phi) is 8.15. The van der Waals surface area contributed by atoms with Gasteiger partial charge in [-0.15, -0.1) is 0 Å². The van der Waals surface area contributed by atoms with Crippen LogP contribution in [0.4, 0.5) is 9.59 Å². The molecule has 1 fully saturated rings. The van der Waals surface area contributed by atoms with Crippen molar-refractivity contribution in [2.45, 2.75) is 29.9 Å². The third-order valence-corrected chi connectivity index (χ3v) is 7.86. The lowest BCUT2D eigenvalue weighted by molar-refractivity contribution is 0.0958. The zero-order valence-electron chi connectivity index (χ0n) is 16.7. The van der Waals surface area contributed by atoms with Gasteiger partial charge < -0.3 is 20.1 Å². The van der Waals surface area contributed by atoms with Crippen LogP contribution in [0, 0.1) is 0 Å². The lowest BCUT2D eigenvalue weighted by atomic mass is 10.2. The molecule has 0 aliphatic carbocycles. The number of nitrogens with zero attached hydrogens (tertiary/aromatic N) is 1. The summed E-state index contributed by atoms with van der Waals surface area (Å²) in [5.74, 6) is 0. The van der Waals surface area contributed by atoms with Crippen molar-refractivity contribution in [3.8, 4) is 0 Å². The fraction of sp³-hybridized carbons (Fsp3) is 0.300. The second-order valence-corrected chi connectivity index (χ2v) is 10.6. The molecule has 1 saturated heterocycles. The zero-order valence-corrected chi connectivity index (χ0v) is 20.7. The first kappa shape index (κ1) is 24.5. The molecule has 1 aliphatic heterocycles. The average molecular weight is 591 g/mol. The Labute approximate surface area is 202 Å². The maximum atomic E-state index is 12.8. The molecule has 1 heterocycles. The molecule has 2 atom stereocenters. The highest BCUT2D eigenvalue weighted by Crippen LogP contribution is 2.27. The van der Waals surface area contributed by atoms with E-state index in [-0.39, 0.29) is 31.0 Å². The van der Waals surface area contributed by atoms with Crippen molar-refractivity contribution in [2.24, 2.45) is 0 Å². The predicted molar refractivity (Wildman–Crippen MR) is 124 cm³/mol. The number of amides is 2. The third kappa shape index (κ3) is 6.44. The van der Waals surface area contributed by atoms with E-state index in [1.54, 1.807) is 12.1 Å². The van der Waals surface area contributed by atoms with Crippen LogP contribution in [-0.2, 0) is 21.3 Å². The van der Waals surface area contributed by atoms with Crippen LogP contribution in [0.1, 0.15) is 12.0 Å². The number of carbonyl (C=O) groups excluding carboxylic acids is 1. The highest BCUT2D eigenvalue weighted by atomic mass is 79.9. The second kappa shape index (κ2) is 10.6. The lowest BCUT2D eigenvalue weighted by Gasteiger charge is -2.20. The molecule has 3 N–H and O–H groups in total. The minimum atomic E-state index is -3.91. The van der Waals surface area contributed by atoms with Crippen molar-refractivity contribution in [3.05, 3.63) is 63.0 Å². The molecule has 9 nitrogen and oxygen atoms in total. The normalized spacial score (nSPS) is 18.4. The molecule has 12 heteroatoms. The van der Waals surface area contributed by atoms with Crippen LogP contribution in [0.5, 0.6) is 0 Å². The van der Waals surface area contributed by atoms with E-state index in [2.05, 4.69) is 41.9 Å². The van der Waals surface area contributed by atoms with Gasteiger partial charge >= 0.3 is 12.2 Å². The van der Waals surface area contributed by atoms with E-state index in [0.717, 1.165) is 10.5 Å². The number of carbonyl (C=O) groups is 2. The molecular formula is C20H21Br2N3O6S. The molecule has 1 aliphatic rings. The Balaban J connectivity index is 1.58. The maximum Gasteiger partial charge on any atom is 0.407 e. The van der Waals surface area contributed by atoms with E-state index in [4.69, 9.17) is 4.74 Å². The van der Waals surface area contributed by atoms with Gasteiger partial charge in [0.25, 0.3) is 0 Å². The molecule has 32 heavy (non-hydrogen) atoms. The highest BCUT2D eigenvalue weighted by Gasteiger charge is 2.38. The summed E-state index contributed by atoms with van der Waals surface area (Å²) in [6.07, 6.45) is -1.72. The van der Waals surface area contributed by atoms with E-state index in [1.807, 2.05) is 30.3 Å². The Morgan fingerprint density at radius 3 is 2.56 bits per heavy atom. The zero-order chi connectivity index (χ0) is 23.3. The van der Waals surface area contributed by atoms with Gasteiger partial charge in [0.15, 0.2) is 0 Å². The quantitative estimate of drug-likeness (QED) is 0.453. The number of ether oxygens (including phenoxy) is 1. The maximum absolute atomic E-state index is 12.8. The van der Waals surface area contributed by atoms with Crippen molar-refractivity contribution in [2.75, 3.05) is 13.2 Å². The Bertz CT molecular complexity index is 1080. The van der Waals surface area contributed by atoms with E-state index in [0.29, 0.717) is 8.95 Å². The number of sulfonamides is 1. The minimum absolute atomic E-state index is 0.0359. The number of benzene rings is 2. The van der Waals surface area contributed by atoms with Gasteiger partial charge in [0.05, 0.1) is 10.9 Å². The van der Waals surface area contributed by atoms with E-state index in [1.165, 1.54) is 6.07 Å². The smallest absolute Gasteiger partial charge is 0.407 e. The van der Waals surface area contributed by atoms with E-state index in [9.17, 15) is 23.1 Å². The van der Waals surface area contributed by atoms with E-state index < -0.39 is 34.3 Å². The molecule has 0 saturated carbocycles. The Morgan fingerprint density at radius 2 is 1.88 bits per heavy atom. The standard InChI is InChI=1S/C20H21Br2N3O6S/c21-14-6-7-17(22)18(8-14)32(29,30)24-15-9-16(25(11-15)20(27)28)12-31-19(26)23-10-13-4-2-1-3-5-13/h1-8,15-16,24H,9-12H2,(H,23,26)(H,27,28)/t15-,16-/m1/s1. The molecule has 3 rings (SSSR count). The molecule has 0 spiro atoms. The summed E-state index contributed by atoms with van der Waals surface area (Å²) in [6.45, 7) is 0.0303. The number of halogens is 2. The monoisotopic (exact) mass is 589 g/mol. The van der Waals surface area contributed by atoms with Gasteiger partial charge in [-0.25, -0.2) is 22.7 Å². The second-order valence-electron chi connectivity index (χ2n) is 7.16. The Morgan fingerprint density at radius 1 is 1.16 bits per heavy atom. The van der Waals surface area contributed by atoms with Crippen molar-refractivity contribution in [3.63, 3.8) is 0 Å². The van der Waals surface area contributed by atoms with Crippen LogP contribution < -0.4 is 10.0 Å². The van der Waals surface area contributed by atoms with Crippen molar-refractivity contribution in [1.29, 1.82) is 0 Å². The van der Waals surface area contributed by atoms with E-state index >= 15 is 0 Å². The van der Waals surface area contributed by atoms with Crippen LogP contribution in [0.15, 0.2) is 62.4 Å². The number of alkyl carbamates (subject to hydrolysis) is 1. The summed E-state index contributed by atoms with van der Waals surface area (Å²) in [5.41, 5.74) is 0.894.